The van der Waals surface area contributed by atoms with E-state index in [-0.39, 0.29) is 74.3 Å². The van der Waals surface area contributed by atoms with Crippen LogP contribution in [0.4, 0.5) is 0 Å². The van der Waals surface area contributed by atoms with Gasteiger partial charge in [-0.3, -0.25) is 0 Å². The highest BCUT2D eigenvalue weighted by atomic mass is 16.4. The normalized spacial score (nSPS) is 5.71. The maximum Gasteiger partial charge on any atom is 0.335 e. The molecule has 28 heavy (non-hydrogen) atoms. The Balaban J connectivity index is -0.0000000213. The molecule has 0 saturated carbocycles. The molecule has 0 fully saturated rings. The summed E-state index contributed by atoms with van der Waals surface area (Å²) in [7, 11) is 0. The number of hydrogen-bond donors (Lipinski definition) is 2. The molecule has 2 aromatic carbocycles. The Morgan fingerprint density at radius 1 is 0.429 bits per heavy atom. The third-order valence-corrected chi connectivity index (χ3v) is 2.04. The fraction of sp³-hybridized carbons (Fsp3) is 0.417. The summed E-state index contributed by atoms with van der Waals surface area (Å²) in [5, 5.41) is 16.8. The lowest BCUT2D eigenvalue weighted by atomic mass is 10.2. The van der Waals surface area contributed by atoms with Crippen molar-refractivity contribution in [2.45, 2.75) is 74.3 Å². The highest BCUT2D eigenvalue weighted by Crippen LogP contribution is 1.96. The van der Waals surface area contributed by atoms with Crippen LogP contribution in [-0.2, 0) is 0 Å². The second-order valence-corrected chi connectivity index (χ2v) is 3.34. The zero-order valence-electron chi connectivity index (χ0n) is 9.48. The van der Waals surface area contributed by atoms with Gasteiger partial charge in [0.15, 0.2) is 0 Å². The highest BCUT2D eigenvalue weighted by molar-refractivity contribution is 5.87. The van der Waals surface area contributed by atoms with E-state index < -0.39 is 11.9 Å². The van der Waals surface area contributed by atoms with Crippen LogP contribution in [0.1, 0.15) is 95.0 Å². The summed E-state index contributed by atoms with van der Waals surface area (Å²) in [4.78, 5) is 20.4. The molecule has 0 aromatic heterocycles. The molecule has 2 aromatic rings. The second-order valence-electron chi connectivity index (χ2n) is 3.34. The summed E-state index contributed by atoms with van der Waals surface area (Å²) in [5.74, 6) is -1.76. The molecule has 0 radical (unpaired) electrons. The van der Waals surface area contributed by atoms with Crippen LogP contribution in [0.25, 0.3) is 0 Å². The Morgan fingerprint density at radius 2 is 0.607 bits per heavy atom. The van der Waals surface area contributed by atoms with Crippen LogP contribution in [0.15, 0.2) is 60.7 Å². The van der Waals surface area contributed by atoms with Gasteiger partial charge in [0, 0.05) is 0 Å². The molecule has 0 heterocycles. The van der Waals surface area contributed by atoms with Crippen molar-refractivity contribution in [3.05, 3.63) is 71.8 Å². The van der Waals surface area contributed by atoms with E-state index in [2.05, 4.69) is 0 Å². The monoisotopic (exact) mass is 404 g/mol. The smallest absolute Gasteiger partial charge is 0.335 e. The van der Waals surface area contributed by atoms with Gasteiger partial charge in [-0.05, 0) is 24.3 Å². The third-order valence-electron chi connectivity index (χ3n) is 2.04. The first kappa shape index (κ1) is 63.8. The first-order chi connectivity index (χ1) is 8.61. The molecule has 0 unspecified atom stereocenters. The van der Waals surface area contributed by atoms with E-state index in [1.807, 2.05) is 0 Å². The first-order valence-corrected chi connectivity index (χ1v) is 5.18. The minimum atomic E-state index is -0.879. The van der Waals surface area contributed by atoms with Crippen LogP contribution in [0.3, 0.4) is 0 Å². The molecule has 2 N–H and O–H groups in total. The molecule has 0 bridgehead atoms. The Kier molecular flexibility index (Phi) is 80.8. The number of carboxylic acids is 2. The zero-order chi connectivity index (χ0) is 13.4. The van der Waals surface area contributed by atoms with Gasteiger partial charge in [0.2, 0.25) is 0 Å². The van der Waals surface area contributed by atoms with E-state index in [1.54, 1.807) is 60.7 Å². The van der Waals surface area contributed by atoms with E-state index in [0.717, 1.165) is 0 Å². The molecule has 2 rings (SSSR count). The van der Waals surface area contributed by atoms with Crippen molar-refractivity contribution < 1.29 is 19.8 Å². The third kappa shape index (κ3) is 25.6. The number of benzene rings is 2. The van der Waals surface area contributed by atoms with E-state index in [1.165, 1.54) is 0 Å². The lowest BCUT2D eigenvalue weighted by molar-refractivity contribution is 0.0686. The van der Waals surface area contributed by atoms with Gasteiger partial charge in [0.1, 0.15) is 0 Å². The minimum absolute atomic E-state index is 0. The van der Waals surface area contributed by atoms with Crippen molar-refractivity contribution in [3.8, 4) is 0 Å². The molecular formula is C24H52O4. The molecule has 4 nitrogen and oxygen atoms in total. The average Bonchev–Trinajstić information content (AvgIpc) is 2.41. The lowest BCUT2D eigenvalue weighted by Gasteiger charge is -1.88. The number of carbonyl (C=O) groups is 2. The summed E-state index contributed by atoms with van der Waals surface area (Å²) < 4.78 is 0. The maximum absolute atomic E-state index is 10.2. The van der Waals surface area contributed by atoms with Crippen molar-refractivity contribution in [2.24, 2.45) is 0 Å². The molecule has 0 spiro atoms. The van der Waals surface area contributed by atoms with Gasteiger partial charge in [-0.25, -0.2) is 9.59 Å². The van der Waals surface area contributed by atoms with E-state index in [9.17, 15) is 9.59 Å². The van der Waals surface area contributed by atoms with E-state index in [4.69, 9.17) is 10.2 Å². The molecule has 0 amide bonds. The summed E-state index contributed by atoms with van der Waals surface area (Å²) >= 11 is 0. The quantitative estimate of drug-likeness (QED) is 0.523. The average molecular weight is 405 g/mol. The molecule has 0 saturated heterocycles. The van der Waals surface area contributed by atoms with Gasteiger partial charge in [-0.1, -0.05) is 111 Å². The van der Waals surface area contributed by atoms with Gasteiger partial charge in [-0.2, -0.15) is 0 Å². The Bertz CT molecular complexity index is 459. The van der Waals surface area contributed by atoms with Crippen LogP contribution in [0.2, 0.25) is 0 Å². The minimum Gasteiger partial charge on any atom is -0.478 e. The molecule has 172 valence electrons. The molecule has 4 heteroatoms. The predicted octanol–water partition coefficient (Wildman–Crippen LogP) is 9.13. The summed E-state index contributed by atoms with van der Waals surface area (Å²) in [6, 6.07) is 16.6. The molecule has 0 aliphatic carbocycles. The SMILES string of the molecule is C.C.C.C.C.C.C.C.C.C.O=C(O)c1ccccc1.O=C(O)c1ccccc1. The molecule has 0 atom stereocenters. The highest BCUT2D eigenvalue weighted by Gasteiger charge is 1.97. The van der Waals surface area contributed by atoms with Crippen molar-refractivity contribution in [3.63, 3.8) is 0 Å². The van der Waals surface area contributed by atoms with Crippen molar-refractivity contribution in [1.82, 2.24) is 0 Å². The van der Waals surface area contributed by atoms with E-state index >= 15 is 0 Å². The Hall–Kier alpha value is -2.62. The number of rotatable bonds is 2. The largest absolute Gasteiger partial charge is 0.478 e. The Labute approximate surface area is 178 Å². The van der Waals surface area contributed by atoms with Gasteiger partial charge in [0.25, 0.3) is 0 Å². The number of carboxylic acid groups (broad SMARTS) is 2. The van der Waals surface area contributed by atoms with Crippen LogP contribution in [0, 0.1) is 0 Å². The van der Waals surface area contributed by atoms with Crippen LogP contribution in [-0.4, -0.2) is 22.2 Å². The fourth-order valence-electron chi connectivity index (χ4n) is 1.16. The molecular weight excluding hydrogens is 352 g/mol. The summed E-state index contributed by atoms with van der Waals surface area (Å²) in [6.45, 7) is 0. The zero-order valence-corrected chi connectivity index (χ0v) is 9.48. The molecule has 0 aliphatic heterocycles. The van der Waals surface area contributed by atoms with Crippen LogP contribution >= 0.6 is 0 Å². The fourth-order valence-corrected chi connectivity index (χ4v) is 1.16. The van der Waals surface area contributed by atoms with Gasteiger partial charge in [-0.15, -0.1) is 0 Å². The van der Waals surface area contributed by atoms with Crippen molar-refractivity contribution in [1.29, 1.82) is 0 Å². The predicted molar refractivity (Wildman–Crippen MR) is 134 cm³/mol. The van der Waals surface area contributed by atoms with Gasteiger partial charge in [0.05, 0.1) is 11.1 Å². The summed E-state index contributed by atoms with van der Waals surface area (Å²) in [5.41, 5.74) is 0.662. The number of aromatic carboxylic acids is 2. The number of hydrogen-bond acceptors (Lipinski definition) is 2. The standard InChI is InChI=1S/2C7H6O2.10CH4/c2*8-7(9)6-4-2-1-3-5-6;;;;;;;;;;/h2*1-5H,(H,8,9);10*1H4. The lowest BCUT2D eigenvalue weighted by Crippen LogP contribution is -1.93. The van der Waals surface area contributed by atoms with E-state index in [0.29, 0.717) is 11.1 Å². The van der Waals surface area contributed by atoms with Crippen molar-refractivity contribution in [2.75, 3.05) is 0 Å². The molecule has 0 aliphatic rings. The maximum atomic E-state index is 10.2. The first-order valence-electron chi connectivity index (χ1n) is 5.18. The van der Waals surface area contributed by atoms with Crippen LogP contribution in [0.5, 0.6) is 0 Å². The summed E-state index contributed by atoms with van der Waals surface area (Å²) in [6.07, 6.45) is 0. The Morgan fingerprint density at radius 3 is 0.714 bits per heavy atom. The van der Waals surface area contributed by atoms with Gasteiger partial charge < -0.3 is 10.2 Å². The van der Waals surface area contributed by atoms with Crippen LogP contribution < -0.4 is 0 Å². The van der Waals surface area contributed by atoms with Gasteiger partial charge >= 0.3 is 11.9 Å². The second kappa shape index (κ2) is 35.5. The topological polar surface area (TPSA) is 74.6 Å². The van der Waals surface area contributed by atoms with Crippen molar-refractivity contribution >= 4 is 11.9 Å².